The zero-order valence-electron chi connectivity index (χ0n) is 16.2. The first-order valence-corrected chi connectivity index (χ1v) is 9.33. The van der Waals surface area contributed by atoms with Gasteiger partial charge in [0.05, 0.1) is 13.0 Å². The fourth-order valence-corrected chi connectivity index (χ4v) is 2.78. The van der Waals surface area contributed by atoms with Gasteiger partial charge in [0.2, 0.25) is 11.8 Å². The van der Waals surface area contributed by atoms with Crippen LogP contribution in [-0.2, 0) is 22.6 Å². The highest BCUT2D eigenvalue weighted by atomic mass is 16.5. The van der Waals surface area contributed by atoms with Gasteiger partial charge < -0.3 is 15.4 Å². The van der Waals surface area contributed by atoms with Crippen molar-refractivity contribution in [3.8, 4) is 5.75 Å². The van der Waals surface area contributed by atoms with E-state index in [2.05, 4.69) is 10.6 Å². The third kappa shape index (κ3) is 6.44. The Morgan fingerprint density at radius 1 is 1.00 bits per heavy atom. The summed E-state index contributed by atoms with van der Waals surface area (Å²) in [4.78, 5) is 25.0. The molecule has 27 heavy (non-hydrogen) atoms. The molecular weight excluding hydrogens is 340 g/mol. The minimum Gasteiger partial charge on any atom is -0.494 e. The Labute approximate surface area is 161 Å². The first-order chi connectivity index (χ1) is 13.0. The Kier molecular flexibility index (Phi) is 7.86. The minimum absolute atomic E-state index is 0.0214. The molecule has 5 nitrogen and oxygen atoms in total. The van der Waals surface area contributed by atoms with Crippen LogP contribution in [0.4, 0.5) is 0 Å². The molecule has 1 unspecified atom stereocenters. The van der Waals surface area contributed by atoms with Crippen LogP contribution < -0.4 is 15.4 Å². The molecule has 0 fully saturated rings. The maximum atomic E-state index is 12.6. The summed E-state index contributed by atoms with van der Waals surface area (Å²) in [5.41, 5.74) is 1.83. The van der Waals surface area contributed by atoms with Gasteiger partial charge in [0.15, 0.2) is 0 Å². The maximum Gasteiger partial charge on any atom is 0.243 e. The summed E-state index contributed by atoms with van der Waals surface area (Å²) in [6, 6.07) is 16.5. The van der Waals surface area contributed by atoms with Gasteiger partial charge in [-0.3, -0.25) is 9.59 Å². The van der Waals surface area contributed by atoms with Crippen molar-refractivity contribution >= 4 is 11.8 Å². The molecule has 0 aliphatic heterocycles. The SMILES string of the molecule is CCOc1ccccc1CNC(=O)C(NC(=O)Cc1ccccc1)C(C)C. The van der Waals surface area contributed by atoms with E-state index in [1.807, 2.05) is 75.4 Å². The van der Waals surface area contributed by atoms with Gasteiger partial charge in [-0.1, -0.05) is 62.4 Å². The molecule has 0 radical (unpaired) electrons. The van der Waals surface area contributed by atoms with Crippen molar-refractivity contribution < 1.29 is 14.3 Å². The van der Waals surface area contributed by atoms with Crippen LogP contribution in [0.25, 0.3) is 0 Å². The monoisotopic (exact) mass is 368 g/mol. The van der Waals surface area contributed by atoms with E-state index in [1.165, 1.54) is 0 Å². The quantitative estimate of drug-likeness (QED) is 0.715. The summed E-state index contributed by atoms with van der Waals surface area (Å²) in [5.74, 6) is 0.379. The summed E-state index contributed by atoms with van der Waals surface area (Å²) >= 11 is 0. The lowest BCUT2D eigenvalue weighted by atomic mass is 10.0. The van der Waals surface area contributed by atoms with Gasteiger partial charge in [-0.2, -0.15) is 0 Å². The Bertz CT molecular complexity index is 744. The lowest BCUT2D eigenvalue weighted by Crippen LogP contribution is -2.49. The molecule has 0 heterocycles. The largest absolute Gasteiger partial charge is 0.494 e. The third-order valence-corrected chi connectivity index (χ3v) is 4.20. The van der Waals surface area contributed by atoms with E-state index >= 15 is 0 Å². The Hall–Kier alpha value is -2.82. The first kappa shape index (κ1) is 20.5. The van der Waals surface area contributed by atoms with Crippen molar-refractivity contribution in [2.75, 3.05) is 6.61 Å². The second kappa shape index (κ2) is 10.4. The molecule has 0 aliphatic rings. The number of ether oxygens (including phenoxy) is 1. The van der Waals surface area contributed by atoms with Crippen molar-refractivity contribution in [3.63, 3.8) is 0 Å². The minimum atomic E-state index is -0.583. The predicted octanol–water partition coefficient (Wildman–Crippen LogP) is 3.09. The fraction of sp³-hybridized carbons (Fsp3) is 0.364. The molecule has 0 saturated carbocycles. The molecule has 2 aromatic carbocycles. The van der Waals surface area contributed by atoms with Crippen LogP contribution in [0, 0.1) is 5.92 Å². The normalized spacial score (nSPS) is 11.7. The number of benzene rings is 2. The van der Waals surface area contributed by atoms with Gasteiger partial charge in [0, 0.05) is 12.1 Å². The molecular formula is C22H28N2O3. The van der Waals surface area contributed by atoms with E-state index in [1.54, 1.807) is 0 Å². The highest BCUT2D eigenvalue weighted by molar-refractivity contribution is 5.88. The summed E-state index contributed by atoms with van der Waals surface area (Å²) in [7, 11) is 0. The van der Waals surface area contributed by atoms with Gasteiger partial charge in [0.1, 0.15) is 11.8 Å². The molecule has 0 bridgehead atoms. The number of para-hydroxylation sites is 1. The number of carbonyl (C=O) groups excluding carboxylic acids is 2. The molecule has 0 aliphatic carbocycles. The molecule has 2 amide bonds. The molecule has 0 aromatic heterocycles. The average molecular weight is 368 g/mol. The summed E-state index contributed by atoms with van der Waals surface area (Å²) in [6.07, 6.45) is 0.254. The van der Waals surface area contributed by atoms with Gasteiger partial charge in [0.25, 0.3) is 0 Å². The molecule has 2 rings (SSSR count). The third-order valence-electron chi connectivity index (χ3n) is 4.20. The predicted molar refractivity (Wildman–Crippen MR) is 106 cm³/mol. The number of carbonyl (C=O) groups is 2. The van der Waals surface area contributed by atoms with Crippen molar-refractivity contribution in [1.82, 2.24) is 10.6 Å². The molecule has 1 atom stereocenters. The highest BCUT2D eigenvalue weighted by Crippen LogP contribution is 2.17. The van der Waals surface area contributed by atoms with Crippen molar-refractivity contribution in [2.45, 2.75) is 39.8 Å². The van der Waals surface area contributed by atoms with E-state index < -0.39 is 6.04 Å². The van der Waals surface area contributed by atoms with Crippen LogP contribution in [0.3, 0.4) is 0 Å². The second-order valence-corrected chi connectivity index (χ2v) is 6.71. The summed E-state index contributed by atoms with van der Waals surface area (Å²) in [5, 5.41) is 5.77. The van der Waals surface area contributed by atoms with E-state index in [0.29, 0.717) is 13.2 Å². The van der Waals surface area contributed by atoms with Gasteiger partial charge in [-0.05, 0) is 24.5 Å². The number of amides is 2. The summed E-state index contributed by atoms with van der Waals surface area (Å²) < 4.78 is 5.59. The molecule has 2 aromatic rings. The number of hydrogen-bond acceptors (Lipinski definition) is 3. The Balaban J connectivity index is 1.95. The van der Waals surface area contributed by atoms with E-state index in [0.717, 1.165) is 16.9 Å². The fourth-order valence-electron chi connectivity index (χ4n) is 2.78. The van der Waals surface area contributed by atoms with Gasteiger partial charge in [-0.25, -0.2) is 0 Å². The van der Waals surface area contributed by atoms with Crippen LogP contribution in [0.1, 0.15) is 31.9 Å². The number of hydrogen-bond donors (Lipinski definition) is 2. The average Bonchev–Trinajstić information content (AvgIpc) is 2.66. The topological polar surface area (TPSA) is 67.4 Å². The Morgan fingerprint density at radius 2 is 1.67 bits per heavy atom. The van der Waals surface area contributed by atoms with Crippen LogP contribution in [0.2, 0.25) is 0 Å². The van der Waals surface area contributed by atoms with Crippen LogP contribution in [-0.4, -0.2) is 24.5 Å². The highest BCUT2D eigenvalue weighted by Gasteiger charge is 2.24. The van der Waals surface area contributed by atoms with E-state index in [-0.39, 0.29) is 24.2 Å². The van der Waals surface area contributed by atoms with Crippen molar-refractivity contribution in [2.24, 2.45) is 5.92 Å². The molecule has 144 valence electrons. The molecule has 5 heteroatoms. The smallest absolute Gasteiger partial charge is 0.243 e. The van der Waals surface area contributed by atoms with Gasteiger partial charge >= 0.3 is 0 Å². The van der Waals surface area contributed by atoms with Crippen LogP contribution >= 0.6 is 0 Å². The summed E-state index contributed by atoms with van der Waals surface area (Å²) in [6.45, 7) is 6.68. The number of rotatable bonds is 9. The van der Waals surface area contributed by atoms with Crippen LogP contribution in [0.15, 0.2) is 54.6 Å². The lowest BCUT2D eigenvalue weighted by Gasteiger charge is -2.22. The zero-order chi connectivity index (χ0) is 19.6. The maximum absolute atomic E-state index is 12.6. The second-order valence-electron chi connectivity index (χ2n) is 6.71. The van der Waals surface area contributed by atoms with E-state index in [4.69, 9.17) is 4.74 Å². The van der Waals surface area contributed by atoms with Crippen LogP contribution in [0.5, 0.6) is 5.75 Å². The van der Waals surface area contributed by atoms with Crippen molar-refractivity contribution in [1.29, 1.82) is 0 Å². The molecule has 0 spiro atoms. The molecule has 0 saturated heterocycles. The Morgan fingerprint density at radius 3 is 2.33 bits per heavy atom. The van der Waals surface area contributed by atoms with E-state index in [9.17, 15) is 9.59 Å². The van der Waals surface area contributed by atoms with Crippen molar-refractivity contribution in [3.05, 3.63) is 65.7 Å². The standard InChI is InChI=1S/C22H28N2O3/c1-4-27-19-13-9-8-12-18(19)15-23-22(26)21(16(2)3)24-20(25)14-17-10-6-5-7-11-17/h5-13,16,21H,4,14-15H2,1-3H3,(H,23,26)(H,24,25). The first-order valence-electron chi connectivity index (χ1n) is 9.33. The van der Waals surface area contributed by atoms with Gasteiger partial charge in [-0.15, -0.1) is 0 Å². The number of nitrogens with one attached hydrogen (secondary N) is 2. The zero-order valence-corrected chi connectivity index (χ0v) is 16.2. The molecule has 2 N–H and O–H groups in total. The lowest BCUT2D eigenvalue weighted by molar-refractivity contribution is -0.129.